The van der Waals surface area contributed by atoms with Crippen LogP contribution in [0.2, 0.25) is 4.34 Å². The molecule has 1 N–H and O–H groups in total. The SMILES string of the molecule is CCNC(c1ccc(Cl)s1)c1ccc(C)cc1OC. The molecule has 0 amide bonds. The molecule has 0 radical (unpaired) electrons. The second-order valence-electron chi connectivity index (χ2n) is 4.38. The predicted octanol–water partition coefficient (Wildman–Crippen LogP) is 4.42. The van der Waals surface area contributed by atoms with E-state index in [2.05, 4.69) is 43.4 Å². The molecule has 1 aromatic heterocycles. The number of halogens is 1. The number of nitrogens with one attached hydrogen (secondary N) is 1. The van der Waals surface area contributed by atoms with Crippen LogP contribution in [0.4, 0.5) is 0 Å². The van der Waals surface area contributed by atoms with E-state index in [1.807, 2.05) is 6.07 Å². The van der Waals surface area contributed by atoms with Gasteiger partial charge in [0.1, 0.15) is 5.75 Å². The van der Waals surface area contributed by atoms with Crippen LogP contribution in [0.5, 0.6) is 5.75 Å². The van der Waals surface area contributed by atoms with Crippen LogP contribution in [-0.4, -0.2) is 13.7 Å². The van der Waals surface area contributed by atoms with E-state index in [0.29, 0.717) is 0 Å². The smallest absolute Gasteiger partial charge is 0.124 e. The van der Waals surface area contributed by atoms with Gasteiger partial charge in [0.2, 0.25) is 0 Å². The summed E-state index contributed by atoms with van der Waals surface area (Å²) in [5.41, 5.74) is 2.34. The number of hydrogen-bond acceptors (Lipinski definition) is 3. The van der Waals surface area contributed by atoms with Crippen LogP contribution < -0.4 is 10.1 Å². The van der Waals surface area contributed by atoms with Crippen molar-refractivity contribution in [3.8, 4) is 5.75 Å². The maximum Gasteiger partial charge on any atom is 0.124 e. The lowest BCUT2D eigenvalue weighted by atomic mass is 10.0. The molecule has 0 aliphatic rings. The summed E-state index contributed by atoms with van der Waals surface area (Å²) in [6.07, 6.45) is 0. The largest absolute Gasteiger partial charge is 0.496 e. The van der Waals surface area contributed by atoms with Crippen LogP contribution >= 0.6 is 22.9 Å². The van der Waals surface area contributed by atoms with Crippen LogP contribution in [0.1, 0.15) is 29.0 Å². The molecule has 0 bridgehead atoms. The van der Waals surface area contributed by atoms with Crippen molar-refractivity contribution in [3.63, 3.8) is 0 Å². The monoisotopic (exact) mass is 295 g/mol. The Bertz CT molecular complexity index is 553. The summed E-state index contributed by atoms with van der Waals surface area (Å²) < 4.78 is 6.32. The molecule has 2 nitrogen and oxygen atoms in total. The molecule has 19 heavy (non-hydrogen) atoms. The lowest BCUT2D eigenvalue weighted by molar-refractivity contribution is 0.404. The van der Waals surface area contributed by atoms with Gasteiger partial charge in [0.25, 0.3) is 0 Å². The average Bonchev–Trinajstić information content (AvgIpc) is 2.82. The van der Waals surface area contributed by atoms with Crippen molar-refractivity contribution in [2.75, 3.05) is 13.7 Å². The summed E-state index contributed by atoms with van der Waals surface area (Å²) >= 11 is 7.65. The highest BCUT2D eigenvalue weighted by Crippen LogP contribution is 2.35. The van der Waals surface area contributed by atoms with E-state index < -0.39 is 0 Å². The second-order valence-corrected chi connectivity index (χ2v) is 6.12. The number of hydrogen-bond donors (Lipinski definition) is 1. The van der Waals surface area contributed by atoms with Crippen molar-refractivity contribution in [2.45, 2.75) is 19.9 Å². The molecule has 2 rings (SSSR count). The van der Waals surface area contributed by atoms with Gasteiger partial charge in [0.05, 0.1) is 17.5 Å². The fourth-order valence-corrected chi connectivity index (χ4v) is 3.26. The zero-order valence-electron chi connectivity index (χ0n) is 11.4. The fraction of sp³-hybridized carbons (Fsp3) is 0.333. The van der Waals surface area contributed by atoms with Gasteiger partial charge < -0.3 is 10.1 Å². The summed E-state index contributed by atoms with van der Waals surface area (Å²) in [5, 5.41) is 3.49. The van der Waals surface area contributed by atoms with Crippen molar-refractivity contribution in [1.29, 1.82) is 0 Å². The zero-order chi connectivity index (χ0) is 13.8. The van der Waals surface area contributed by atoms with Gasteiger partial charge in [-0.25, -0.2) is 0 Å². The predicted molar refractivity (Wildman–Crippen MR) is 82.6 cm³/mol. The zero-order valence-corrected chi connectivity index (χ0v) is 12.9. The molecular weight excluding hydrogens is 278 g/mol. The Balaban J connectivity index is 2.44. The number of thiophene rings is 1. The van der Waals surface area contributed by atoms with Crippen LogP contribution in [0.25, 0.3) is 0 Å². The van der Waals surface area contributed by atoms with E-state index in [-0.39, 0.29) is 6.04 Å². The van der Waals surface area contributed by atoms with Crippen molar-refractivity contribution in [2.24, 2.45) is 0 Å². The third-order valence-electron chi connectivity index (χ3n) is 2.99. The minimum Gasteiger partial charge on any atom is -0.496 e. The normalized spacial score (nSPS) is 12.4. The number of benzene rings is 1. The summed E-state index contributed by atoms with van der Waals surface area (Å²) in [6.45, 7) is 5.05. The van der Waals surface area contributed by atoms with Gasteiger partial charge in [0, 0.05) is 10.4 Å². The highest BCUT2D eigenvalue weighted by molar-refractivity contribution is 7.16. The van der Waals surface area contributed by atoms with Crippen molar-refractivity contribution < 1.29 is 4.74 Å². The van der Waals surface area contributed by atoms with Crippen molar-refractivity contribution >= 4 is 22.9 Å². The molecular formula is C15H18ClNOS. The molecule has 0 aliphatic heterocycles. The highest BCUT2D eigenvalue weighted by Gasteiger charge is 2.19. The summed E-state index contributed by atoms with van der Waals surface area (Å²) in [5.74, 6) is 0.912. The molecule has 1 atom stereocenters. The summed E-state index contributed by atoms with van der Waals surface area (Å²) in [4.78, 5) is 1.20. The van der Waals surface area contributed by atoms with Crippen LogP contribution in [0.3, 0.4) is 0 Å². The van der Waals surface area contributed by atoms with Gasteiger partial charge in [0.15, 0.2) is 0 Å². The van der Waals surface area contributed by atoms with E-state index in [4.69, 9.17) is 16.3 Å². The minimum absolute atomic E-state index is 0.123. The van der Waals surface area contributed by atoms with Gasteiger partial charge in [-0.1, -0.05) is 30.7 Å². The summed E-state index contributed by atoms with van der Waals surface area (Å²) in [6, 6.07) is 10.4. The Kier molecular flexibility index (Phi) is 4.86. The van der Waals surface area contributed by atoms with Gasteiger partial charge in [-0.2, -0.15) is 0 Å². The highest BCUT2D eigenvalue weighted by atomic mass is 35.5. The van der Waals surface area contributed by atoms with E-state index >= 15 is 0 Å². The van der Waals surface area contributed by atoms with Gasteiger partial charge in [-0.05, 0) is 37.2 Å². The van der Waals surface area contributed by atoms with Crippen LogP contribution in [0.15, 0.2) is 30.3 Å². The molecule has 0 saturated heterocycles. The van der Waals surface area contributed by atoms with Gasteiger partial charge >= 0.3 is 0 Å². The lowest BCUT2D eigenvalue weighted by Gasteiger charge is -2.20. The Morgan fingerprint density at radius 3 is 2.68 bits per heavy atom. The molecule has 2 aromatic rings. The molecule has 1 aromatic carbocycles. The Morgan fingerprint density at radius 2 is 2.11 bits per heavy atom. The average molecular weight is 296 g/mol. The van der Waals surface area contributed by atoms with Gasteiger partial charge in [-0.3, -0.25) is 0 Å². The number of rotatable bonds is 5. The maximum atomic E-state index is 6.05. The molecule has 102 valence electrons. The molecule has 0 aliphatic carbocycles. The first-order chi connectivity index (χ1) is 9.15. The third kappa shape index (κ3) is 3.30. The molecule has 0 saturated carbocycles. The molecule has 0 fully saturated rings. The Hall–Kier alpha value is -1.03. The molecule has 4 heteroatoms. The minimum atomic E-state index is 0.123. The first-order valence-electron chi connectivity index (χ1n) is 6.29. The van der Waals surface area contributed by atoms with Crippen molar-refractivity contribution in [1.82, 2.24) is 5.32 Å². The van der Waals surface area contributed by atoms with Crippen LogP contribution in [-0.2, 0) is 0 Å². The number of methoxy groups -OCH3 is 1. The maximum absolute atomic E-state index is 6.05. The molecule has 1 heterocycles. The number of aryl methyl sites for hydroxylation is 1. The third-order valence-corrected chi connectivity index (χ3v) is 4.28. The van der Waals surface area contributed by atoms with Gasteiger partial charge in [-0.15, -0.1) is 11.3 Å². The van der Waals surface area contributed by atoms with E-state index in [9.17, 15) is 0 Å². The quantitative estimate of drug-likeness (QED) is 0.882. The summed E-state index contributed by atoms with van der Waals surface area (Å²) in [7, 11) is 1.71. The van der Waals surface area contributed by atoms with Crippen LogP contribution in [0, 0.1) is 6.92 Å². The Morgan fingerprint density at radius 1 is 1.32 bits per heavy atom. The fourth-order valence-electron chi connectivity index (χ4n) is 2.11. The van der Waals surface area contributed by atoms with E-state index in [1.54, 1.807) is 18.4 Å². The second kappa shape index (κ2) is 6.42. The van der Waals surface area contributed by atoms with E-state index in [1.165, 1.54) is 10.4 Å². The molecule has 0 spiro atoms. The topological polar surface area (TPSA) is 21.3 Å². The standard InChI is InChI=1S/C15H18ClNOS/c1-4-17-15(13-7-8-14(16)19-13)11-6-5-10(2)9-12(11)18-3/h5-9,15,17H,4H2,1-3H3. The van der Waals surface area contributed by atoms with E-state index in [0.717, 1.165) is 22.2 Å². The first kappa shape index (κ1) is 14.4. The Labute approximate surface area is 123 Å². The van der Waals surface area contributed by atoms with Crippen molar-refractivity contribution in [3.05, 3.63) is 50.7 Å². The lowest BCUT2D eigenvalue weighted by Crippen LogP contribution is -2.21. The number of ether oxygens (including phenoxy) is 1. The first-order valence-corrected chi connectivity index (χ1v) is 7.48. The molecule has 1 unspecified atom stereocenters.